The number of thiazole rings is 1. The van der Waals surface area contributed by atoms with Crippen molar-refractivity contribution < 1.29 is 14.2 Å². The number of aliphatic hydroxyl groups excluding tert-OH is 1. The Hall–Kier alpha value is -1.46. The van der Waals surface area contributed by atoms with E-state index in [-0.39, 0.29) is 6.61 Å². The molecule has 0 aliphatic carbocycles. The Bertz CT molecular complexity index is 513. The summed E-state index contributed by atoms with van der Waals surface area (Å²) in [5.41, 5.74) is 1.32. The van der Waals surface area contributed by atoms with Gasteiger partial charge in [0.2, 0.25) is 0 Å². The van der Waals surface area contributed by atoms with E-state index in [1.165, 1.54) is 12.1 Å². The van der Waals surface area contributed by atoms with Crippen LogP contribution in [-0.4, -0.2) is 10.1 Å². The van der Waals surface area contributed by atoms with Crippen molar-refractivity contribution >= 4 is 11.3 Å². The molecule has 0 unspecified atom stereocenters. The molecule has 1 heterocycles. The molecule has 2 rings (SSSR count). The maximum Gasteiger partial charge on any atom is 0.131 e. The number of aryl methyl sites for hydroxylation is 1. The van der Waals surface area contributed by atoms with Gasteiger partial charge in [0.15, 0.2) is 0 Å². The monoisotopic (exact) mass is 253 g/mol. The average Bonchev–Trinajstić information content (AvgIpc) is 2.72. The second-order valence-corrected chi connectivity index (χ2v) is 4.66. The van der Waals surface area contributed by atoms with Crippen LogP contribution >= 0.6 is 11.3 Å². The number of hydrogen-bond acceptors (Lipinski definition) is 4. The summed E-state index contributed by atoms with van der Waals surface area (Å²) in [6.07, 6.45) is 0. The van der Waals surface area contributed by atoms with E-state index in [9.17, 15) is 4.39 Å². The van der Waals surface area contributed by atoms with Gasteiger partial charge in [0, 0.05) is 11.4 Å². The third kappa shape index (κ3) is 3.25. The van der Waals surface area contributed by atoms with Crippen molar-refractivity contribution in [2.24, 2.45) is 0 Å². The van der Waals surface area contributed by atoms with E-state index in [2.05, 4.69) is 4.98 Å². The van der Waals surface area contributed by atoms with E-state index < -0.39 is 5.82 Å². The number of rotatable bonds is 4. The Balaban J connectivity index is 2.05. The zero-order chi connectivity index (χ0) is 12.3. The Labute approximate surface area is 103 Å². The van der Waals surface area contributed by atoms with Crippen molar-refractivity contribution in [2.75, 3.05) is 0 Å². The van der Waals surface area contributed by atoms with Crippen LogP contribution in [0.15, 0.2) is 23.6 Å². The average molecular weight is 253 g/mol. The second-order valence-electron chi connectivity index (χ2n) is 3.60. The van der Waals surface area contributed by atoms with Crippen molar-refractivity contribution in [3.63, 3.8) is 0 Å². The third-order valence-corrected chi connectivity index (χ3v) is 2.99. The zero-order valence-electron chi connectivity index (χ0n) is 9.31. The van der Waals surface area contributed by atoms with Crippen molar-refractivity contribution in [1.29, 1.82) is 0 Å². The lowest BCUT2D eigenvalue weighted by Crippen LogP contribution is -1.97. The number of ether oxygens (including phenoxy) is 1. The molecule has 5 heteroatoms. The Morgan fingerprint density at radius 2 is 2.24 bits per heavy atom. The highest BCUT2D eigenvalue weighted by molar-refractivity contribution is 7.09. The number of aromatic nitrogens is 1. The molecule has 0 atom stereocenters. The topological polar surface area (TPSA) is 42.4 Å². The summed E-state index contributed by atoms with van der Waals surface area (Å²) < 4.78 is 18.6. The fourth-order valence-electron chi connectivity index (χ4n) is 1.43. The number of nitrogens with zero attached hydrogens (tertiary/aromatic N) is 1. The first-order valence-corrected chi connectivity index (χ1v) is 5.99. The molecule has 2 aromatic rings. The van der Waals surface area contributed by atoms with Crippen LogP contribution in [0.25, 0.3) is 0 Å². The van der Waals surface area contributed by atoms with Gasteiger partial charge in [-0.15, -0.1) is 11.3 Å². The van der Waals surface area contributed by atoms with Gasteiger partial charge in [-0.05, 0) is 24.6 Å². The van der Waals surface area contributed by atoms with Crippen LogP contribution < -0.4 is 4.74 Å². The van der Waals surface area contributed by atoms with Crippen molar-refractivity contribution in [3.05, 3.63) is 45.7 Å². The van der Waals surface area contributed by atoms with Crippen molar-refractivity contribution in [3.8, 4) is 5.75 Å². The highest BCUT2D eigenvalue weighted by Crippen LogP contribution is 2.18. The minimum Gasteiger partial charge on any atom is -0.487 e. The third-order valence-electron chi connectivity index (χ3n) is 2.17. The van der Waals surface area contributed by atoms with Crippen LogP contribution in [0.1, 0.15) is 16.3 Å². The lowest BCUT2D eigenvalue weighted by molar-refractivity contribution is 0.276. The highest BCUT2D eigenvalue weighted by Gasteiger charge is 2.03. The van der Waals surface area contributed by atoms with Crippen molar-refractivity contribution in [1.82, 2.24) is 4.98 Å². The van der Waals surface area contributed by atoms with E-state index in [0.29, 0.717) is 17.9 Å². The molecule has 1 aromatic carbocycles. The summed E-state index contributed by atoms with van der Waals surface area (Å²) in [6.45, 7) is 2.02. The summed E-state index contributed by atoms with van der Waals surface area (Å²) >= 11 is 1.55. The highest BCUT2D eigenvalue weighted by atomic mass is 32.1. The molecule has 0 fully saturated rings. The molecule has 3 nitrogen and oxygen atoms in total. The van der Waals surface area contributed by atoms with Crippen LogP contribution in [0.3, 0.4) is 0 Å². The molecule has 0 saturated heterocycles. The van der Waals surface area contributed by atoms with Gasteiger partial charge in [-0.3, -0.25) is 0 Å². The van der Waals surface area contributed by atoms with Gasteiger partial charge < -0.3 is 9.84 Å². The fraction of sp³-hybridized carbons (Fsp3) is 0.250. The first kappa shape index (κ1) is 12.0. The van der Waals surface area contributed by atoms with Crippen LogP contribution in [0.2, 0.25) is 0 Å². The van der Waals surface area contributed by atoms with Gasteiger partial charge >= 0.3 is 0 Å². The fourth-order valence-corrected chi connectivity index (χ4v) is 2.02. The summed E-state index contributed by atoms with van der Waals surface area (Å²) in [4.78, 5) is 4.24. The predicted octanol–water partition coefficient (Wildman–Crippen LogP) is 2.66. The molecule has 1 aromatic heterocycles. The van der Waals surface area contributed by atoms with Gasteiger partial charge in [0.25, 0.3) is 0 Å². The van der Waals surface area contributed by atoms with E-state index in [0.717, 1.165) is 10.7 Å². The smallest absolute Gasteiger partial charge is 0.131 e. The van der Waals surface area contributed by atoms with Crippen LogP contribution in [0.5, 0.6) is 5.75 Å². The van der Waals surface area contributed by atoms with Gasteiger partial charge in [-0.2, -0.15) is 0 Å². The van der Waals surface area contributed by atoms with E-state index in [4.69, 9.17) is 9.84 Å². The molecule has 90 valence electrons. The lowest BCUT2D eigenvalue weighted by Gasteiger charge is -2.06. The van der Waals surface area contributed by atoms with Gasteiger partial charge in [0.1, 0.15) is 18.2 Å². The maximum atomic E-state index is 13.1. The summed E-state index contributed by atoms with van der Waals surface area (Å²) in [5, 5.41) is 11.8. The number of halogens is 1. The molecule has 0 aliphatic rings. The second kappa shape index (κ2) is 5.25. The van der Waals surface area contributed by atoms with Crippen molar-refractivity contribution in [2.45, 2.75) is 20.1 Å². The van der Waals surface area contributed by atoms with Crippen LogP contribution in [0.4, 0.5) is 4.39 Å². The van der Waals surface area contributed by atoms with E-state index in [1.54, 1.807) is 17.4 Å². The molecular weight excluding hydrogens is 241 g/mol. The molecule has 0 bridgehead atoms. The summed E-state index contributed by atoms with van der Waals surface area (Å²) in [7, 11) is 0. The van der Waals surface area contributed by atoms with Gasteiger partial charge in [-0.25, -0.2) is 9.37 Å². The predicted molar refractivity (Wildman–Crippen MR) is 63.5 cm³/mol. The van der Waals surface area contributed by atoms with E-state index in [1.807, 2.05) is 12.3 Å². The maximum absolute atomic E-state index is 13.1. The molecule has 0 spiro atoms. The first-order chi connectivity index (χ1) is 8.17. The molecule has 0 aliphatic heterocycles. The SMILES string of the molecule is Cc1nc(COc2cc(F)cc(CO)c2)cs1. The summed E-state index contributed by atoms with van der Waals surface area (Å²) in [6, 6.07) is 4.18. The van der Waals surface area contributed by atoms with Gasteiger partial charge in [0.05, 0.1) is 17.3 Å². The van der Waals surface area contributed by atoms with Crippen LogP contribution in [-0.2, 0) is 13.2 Å². The normalized spacial score (nSPS) is 10.5. The zero-order valence-corrected chi connectivity index (χ0v) is 10.1. The number of hydrogen-bond donors (Lipinski definition) is 1. The first-order valence-electron chi connectivity index (χ1n) is 5.11. The Morgan fingerprint density at radius 1 is 1.41 bits per heavy atom. The molecular formula is C12H12FNO2S. The minimum atomic E-state index is -0.416. The Kier molecular flexibility index (Phi) is 3.71. The largest absolute Gasteiger partial charge is 0.487 e. The molecule has 0 amide bonds. The standard InChI is InChI=1S/C12H12FNO2S/c1-8-14-11(7-17-8)6-16-12-3-9(5-15)2-10(13)4-12/h2-4,7,15H,5-6H2,1H3. The number of benzene rings is 1. The molecule has 0 saturated carbocycles. The van der Waals surface area contributed by atoms with Crippen LogP contribution in [0, 0.1) is 12.7 Å². The molecule has 1 N–H and O–H groups in total. The minimum absolute atomic E-state index is 0.204. The van der Waals surface area contributed by atoms with E-state index >= 15 is 0 Å². The quantitative estimate of drug-likeness (QED) is 0.910. The molecule has 17 heavy (non-hydrogen) atoms. The summed E-state index contributed by atoms with van der Waals surface area (Å²) in [5.74, 6) is -0.0132. The Morgan fingerprint density at radius 3 is 2.88 bits per heavy atom. The lowest BCUT2D eigenvalue weighted by atomic mass is 10.2. The van der Waals surface area contributed by atoms with Gasteiger partial charge in [-0.1, -0.05) is 0 Å². The number of aliphatic hydroxyl groups is 1. The molecule has 0 radical (unpaired) electrons.